The van der Waals surface area contributed by atoms with Crippen molar-refractivity contribution in [1.82, 2.24) is 0 Å². The van der Waals surface area contributed by atoms with Gasteiger partial charge in [0.2, 0.25) is 5.91 Å². The molecule has 0 bridgehead atoms. The number of anilines is 1. The Labute approximate surface area is 167 Å². The van der Waals surface area contributed by atoms with Crippen LogP contribution in [0.4, 0.5) is 5.69 Å². The maximum Gasteiger partial charge on any atom is 0.228 e. The summed E-state index contributed by atoms with van der Waals surface area (Å²) < 4.78 is 0. The van der Waals surface area contributed by atoms with Gasteiger partial charge in [0, 0.05) is 11.1 Å². The predicted octanol–water partition coefficient (Wildman–Crippen LogP) is 5.81. The molecule has 0 radical (unpaired) electrons. The molecule has 1 saturated carbocycles. The molecule has 1 fully saturated rings. The van der Waals surface area contributed by atoms with Crippen molar-refractivity contribution in [2.24, 2.45) is 5.92 Å². The molecule has 3 aromatic carbocycles. The van der Waals surface area contributed by atoms with Crippen molar-refractivity contribution in [2.45, 2.75) is 39.0 Å². The van der Waals surface area contributed by atoms with Crippen LogP contribution in [0.1, 0.15) is 41.2 Å². The van der Waals surface area contributed by atoms with E-state index in [1.807, 2.05) is 18.2 Å². The first-order valence-corrected chi connectivity index (χ1v) is 10.1. The van der Waals surface area contributed by atoms with E-state index < -0.39 is 0 Å². The molecule has 4 rings (SSSR count). The minimum atomic E-state index is -0.230. The Morgan fingerprint density at radius 3 is 1.96 bits per heavy atom. The standard InChI is InChI=1S/C26H27NO/c1-4-20-7-5-6-8-24(20)27-25(28)23-17-26(23,21-13-9-18(2)10-14-21)22-15-11-19(3)12-16-22/h5-16,23H,4,17H2,1-3H3,(H,27,28). The van der Waals surface area contributed by atoms with Crippen LogP contribution in [0.25, 0.3) is 0 Å². The summed E-state index contributed by atoms with van der Waals surface area (Å²) in [5.41, 5.74) is 6.81. The molecule has 28 heavy (non-hydrogen) atoms. The number of carbonyl (C=O) groups excluding carboxylic acids is 1. The zero-order chi connectivity index (χ0) is 19.7. The van der Waals surface area contributed by atoms with Crippen molar-refractivity contribution in [3.63, 3.8) is 0 Å². The first-order valence-electron chi connectivity index (χ1n) is 10.1. The van der Waals surface area contributed by atoms with E-state index in [-0.39, 0.29) is 17.2 Å². The Bertz CT molecular complexity index is 940. The Kier molecular flexibility index (Phi) is 4.80. The van der Waals surface area contributed by atoms with Crippen LogP contribution in [0.2, 0.25) is 0 Å². The molecule has 142 valence electrons. The molecule has 1 aliphatic carbocycles. The van der Waals surface area contributed by atoms with Crippen LogP contribution in [0.3, 0.4) is 0 Å². The third-order valence-corrected chi connectivity index (χ3v) is 6.07. The lowest BCUT2D eigenvalue weighted by molar-refractivity contribution is -0.117. The van der Waals surface area contributed by atoms with E-state index in [0.717, 1.165) is 18.5 Å². The Morgan fingerprint density at radius 2 is 1.43 bits per heavy atom. The van der Waals surface area contributed by atoms with Gasteiger partial charge >= 0.3 is 0 Å². The van der Waals surface area contributed by atoms with Crippen molar-refractivity contribution < 1.29 is 4.79 Å². The third-order valence-electron chi connectivity index (χ3n) is 6.07. The summed E-state index contributed by atoms with van der Waals surface area (Å²) in [6, 6.07) is 25.4. The van der Waals surface area contributed by atoms with E-state index in [1.54, 1.807) is 0 Å². The number of hydrogen-bond acceptors (Lipinski definition) is 1. The first-order chi connectivity index (χ1) is 13.5. The number of aryl methyl sites for hydroxylation is 3. The minimum Gasteiger partial charge on any atom is -0.326 e. The Morgan fingerprint density at radius 1 is 0.893 bits per heavy atom. The second-order valence-electron chi connectivity index (χ2n) is 7.96. The largest absolute Gasteiger partial charge is 0.326 e. The molecular weight excluding hydrogens is 342 g/mol. The average molecular weight is 370 g/mol. The quantitative estimate of drug-likeness (QED) is 0.604. The first kappa shape index (κ1) is 18.5. The number of rotatable bonds is 5. The fourth-order valence-corrected chi connectivity index (χ4v) is 4.26. The van der Waals surface area contributed by atoms with Gasteiger partial charge in [-0.25, -0.2) is 0 Å². The van der Waals surface area contributed by atoms with Crippen LogP contribution in [0.5, 0.6) is 0 Å². The van der Waals surface area contributed by atoms with Crippen molar-refractivity contribution in [3.05, 3.63) is 101 Å². The Balaban J connectivity index is 1.68. The normalized spacial score (nSPS) is 17.2. The molecule has 1 amide bonds. The highest BCUT2D eigenvalue weighted by Crippen LogP contribution is 2.59. The second kappa shape index (κ2) is 7.27. The van der Waals surface area contributed by atoms with Gasteiger partial charge in [0.25, 0.3) is 0 Å². The van der Waals surface area contributed by atoms with Crippen LogP contribution >= 0.6 is 0 Å². The lowest BCUT2D eigenvalue weighted by Crippen LogP contribution is -2.22. The second-order valence-corrected chi connectivity index (χ2v) is 7.96. The zero-order valence-electron chi connectivity index (χ0n) is 16.8. The summed E-state index contributed by atoms with van der Waals surface area (Å²) in [5, 5.41) is 3.20. The molecule has 0 heterocycles. The summed E-state index contributed by atoms with van der Waals surface area (Å²) in [4.78, 5) is 13.2. The molecular formula is C26H27NO. The summed E-state index contributed by atoms with van der Waals surface area (Å²) in [6.07, 6.45) is 1.75. The van der Waals surface area contributed by atoms with E-state index in [0.29, 0.717) is 0 Å². The van der Waals surface area contributed by atoms with Gasteiger partial charge in [-0.05, 0) is 49.4 Å². The number of nitrogens with one attached hydrogen (secondary N) is 1. The van der Waals surface area contributed by atoms with Crippen LogP contribution in [-0.2, 0) is 16.6 Å². The molecule has 0 saturated heterocycles. The molecule has 3 aromatic rings. The summed E-state index contributed by atoms with van der Waals surface area (Å²) >= 11 is 0. The lowest BCUT2D eigenvalue weighted by atomic mass is 9.85. The maximum absolute atomic E-state index is 13.2. The van der Waals surface area contributed by atoms with E-state index in [9.17, 15) is 4.79 Å². The average Bonchev–Trinajstić information content (AvgIpc) is 3.46. The van der Waals surface area contributed by atoms with Crippen molar-refractivity contribution in [3.8, 4) is 0 Å². The number of para-hydroxylation sites is 1. The van der Waals surface area contributed by atoms with Crippen LogP contribution in [-0.4, -0.2) is 5.91 Å². The van der Waals surface area contributed by atoms with Gasteiger partial charge in [-0.15, -0.1) is 0 Å². The highest BCUT2D eigenvalue weighted by atomic mass is 16.2. The molecule has 2 nitrogen and oxygen atoms in total. The van der Waals surface area contributed by atoms with Gasteiger partial charge in [-0.3, -0.25) is 4.79 Å². The molecule has 1 unspecified atom stereocenters. The number of benzene rings is 3. The minimum absolute atomic E-state index is 0.0529. The molecule has 1 N–H and O–H groups in total. The molecule has 0 spiro atoms. The van der Waals surface area contributed by atoms with Crippen LogP contribution < -0.4 is 5.32 Å². The fraction of sp³-hybridized carbons (Fsp3) is 0.269. The highest BCUT2D eigenvalue weighted by Gasteiger charge is 2.60. The number of carbonyl (C=O) groups is 1. The topological polar surface area (TPSA) is 29.1 Å². The molecule has 1 atom stereocenters. The molecule has 1 aliphatic rings. The number of hydrogen-bond donors (Lipinski definition) is 1. The van der Waals surface area contributed by atoms with Crippen molar-refractivity contribution >= 4 is 11.6 Å². The molecule has 0 aromatic heterocycles. The Hall–Kier alpha value is -2.87. The fourth-order valence-electron chi connectivity index (χ4n) is 4.26. The lowest BCUT2D eigenvalue weighted by Gasteiger charge is -2.20. The van der Waals surface area contributed by atoms with Gasteiger partial charge in [0.1, 0.15) is 0 Å². The van der Waals surface area contributed by atoms with Crippen LogP contribution in [0.15, 0.2) is 72.8 Å². The summed E-state index contributed by atoms with van der Waals surface area (Å²) in [5.74, 6) is 0.0601. The van der Waals surface area contributed by atoms with Gasteiger partial charge in [-0.1, -0.05) is 84.8 Å². The SMILES string of the molecule is CCc1ccccc1NC(=O)C1CC1(c1ccc(C)cc1)c1ccc(C)cc1. The summed E-state index contributed by atoms with van der Waals surface area (Å²) in [6.45, 7) is 6.31. The molecule has 2 heteroatoms. The van der Waals surface area contributed by atoms with E-state index in [2.05, 4.69) is 80.7 Å². The van der Waals surface area contributed by atoms with Gasteiger partial charge in [-0.2, -0.15) is 0 Å². The monoisotopic (exact) mass is 369 g/mol. The van der Waals surface area contributed by atoms with E-state index in [1.165, 1.54) is 27.8 Å². The van der Waals surface area contributed by atoms with Gasteiger partial charge in [0.15, 0.2) is 0 Å². The van der Waals surface area contributed by atoms with Gasteiger partial charge < -0.3 is 5.32 Å². The van der Waals surface area contributed by atoms with E-state index >= 15 is 0 Å². The maximum atomic E-state index is 13.2. The summed E-state index contributed by atoms with van der Waals surface area (Å²) in [7, 11) is 0. The van der Waals surface area contributed by atoms with Crippen molar-refractivity contribution in [1.29, 1.82) is 0 Å². The molecule has 0 aliphatic heterocycles. The van der Waals surface area contributed by atoms with Crippen molar-refractivity contribution in [2.75, 3.05) is 5.32 Å². The van der Waals surface area contributed by atoms with E-state index in [4.69, 9.17) is 0 Å². The highest BCUT2D eigenvalue weighted by molar-refractivity contribution is 5.97. The third kappa shape index (κ3) is 3.24. The smallest absolute Gasteiger partial charge is 0.228 e. The van der Waals surface area contributed by atoms with Crippen LogP contribution in [0, 0.1) is 19.8 Å². The number of amides is 1. The van der Waals surface area contributed by atoms with Gasteiger partial charge in [0.05, 0.1) is 5.92 Å². The predicted molar refractivity (Wildman–Crippen MR) is 116 cm³/mol. The zero-order valence-corrected chi connectivity index (χ0v) is 16.8.